The van der Waals surface area contributed by atoms with Crippen LogP contribution in [0.4, 0.5) is 0 Å². The lowest BCUT2D eigenvalue weighted by Gasteiger charge is -2.33. The molecule has 1 unspecified atom stereocenters. The average molecular weight is 285 g/mol. The fourth-order valence-electron chi connectivity index (χ4n) is 3.04. The summed E-state index contributed by atoms with van der Waals surface area (Å²) >= 11 is 0. The number of piperidine rings is 1. The van der Waals surface area contributed by atoms with Gasteiger partial charge in [0.1, 0.15) is 0 Å². The molecule has 0 aliphatic carbocycles. The van der Waals surface area contributed by atoms with Gasteiger partial charge in [0.2, 0.25) is 0 Å². The summed E-state index contributed by atoms with van der Waals surface area (Å²) in [4.78, 5) is 6.55. The highest BCUT2D eigenvalue weighted by Gasteiger charge is 2.22. The van der Waals surface area contributed by atoms with Crippen LogP contribution in [0.3, 0.4) is 0 Å². The van der Waals surface area contributed by atoms with E-state index >= 15 is 0 Å². The summed E-state index contributed by atoms with van der Waals surface area (Å²) in [6, 6.07) is 8.66. The Hall–Kier alpha value is -1.65. The lowest BCUT2D eigenvalue weighted by Crippen LogP contribution is -2.36. The third-order valence-electron chi connectivity index (χ3n) is 4.46. The Labute approximate surface area is 126 Å². The van der Waals surface area contributed by atoms with Crippen LogP contribution >= 0.6 is 0 Å². The molecule has 1 saturated heterocycles. The lowest BCUT2D eigenvalue weighted by atomic mass is 9.92. The largest absolute Gasteiger partial charge is 0.393 e. The van der Waals surface area contributed by atoms with Gasteiger partial charge < -0.3 is 9.67 Å². The van der Waals surface area contributed by atoms with E-state index in [1.807, 2.05) is 24.0 Å². The number of aromatic nitrogens is 2. The smallest absolute Gasteiger partial charge is 0.0991 e. The van der Waals surface area contributed by atoms with Gasteiger partial charge in [-0.1, -0.05) is 12.1 Å². The zero-order chi connectivity index (χ0) is 14.7. The van der Waals surface area contributed by atoms with Crippen molar-refractivity contribution in [3.8, 4) is 5.69 Å². The van der Waals surface area contributed by atoms with Gasteiger partial charge >= 0.3 is 0 Å². The molecule has 0 spiro atoms. The molecule has 1 atom stereocenters. The van der Waals surface area contributed by atoms with Gasteiger partial charge in [-0.15, -0.1) is 0 Å². The van der Waals surface area contributed by atoms with Crippen LogP contribution in [0.1, 0.15) is 25.3 Å². The van der Waals surface area contributed by atoms with Gasteiger partial charge in [0, 0.05) is 24.6 Å². The third kappa shape index (κ3) is 3.52. The van der Waals surface area contributed by atoms with E-state index in [0.29, 0.717) is 5.92 Å². The van der Waals surface area contributed by atoms with E-state index in [9.17, 15) is 5.11 Å². The van der Waals surface area contributed by atoms with Crippen LogP contribution in [0.2, 0.25) is 0 Å². The summed E-state index contributed by atoms with van der Waals surface area (Å²) in [6.45, 7) is 5.07. The van der Waals surface area contributed by atoms with E-state index in [0.717, 1.165) is 38.2 Å². The number of hydrogen-bond donors (Lipinski definition) is 1. The molecule has 2 heterocycles. The minimum Gasteiger partial charge on any atom is -0.393 e. The second-order valence-corrected chi connectivity index (χ2v) is 5.99. The van der Waals surface area contributed by atoms with Gasteiger partial charge in [-0.25, -0.2) is 4.98 Å². The monoisotopic (exact) mass is 285 g/mol. The minimum absolute atomic E-state index is 0.165. The summed E-state index contributed by atoms with van der Waals surface area (Å²) in [5, 5.41) is 9.65. The number of aliphatic hydroxyl groups is 1. The number of benzene rings is 1. The molecular weight excluding hydrogens is 262 g/mol. The molecule has 0 amide bonds. The van der Waals surface area contributed by atoms with Crippen LogP contribution in [-0.4, -0.2) is 38.8 Å². The van der Waals surface area contributed by atoms with E-state index in [1.54, 1.807) is 6.20 Å². The van der Waals surface area contributed by atoms with Crippen LogP contribution in [0.5, 0.6) is 0 Å². The maximum Gasteiger partial charge on any atom is 0.0991 e. The van der Waals surface area contributed by atoms with Crippen molar-refractivity contribution >= 4 is 0 Å². The van der Waals surface area contributed by atoms with Gasteiger partial charge in [0.15, 0.2) is 0 Å². The SMILES string of the molecule is CC(O)C1CCN(Cc2ccc(-n3ccnc3)cc2)CC1. The number of nitrogens with zero attached hydrogens (tertiary/aromatic N) is 3. The van der Waals surface area contributed by atoms with Crippen molar-refractivity contribution < 1.29 is 5.11 Å². The predicted octanol–water partition coefficient (Wildman–Crippen LogP) is 2.47. The Morgan fingerprint density at radius 2 is 1.95 bits per heavy atom. The maximum atomic E-state index is 9.65. The topological polar surface area (TPSA) is 41.3 Å². The molecule has 4 nitrogen and oxygen atoms in total. The summed E-state index contributed by atoms with van der Waals surface area (Å²) in [7, 11) is 0. The molecule has 1 aromatic carbocycles. The Morgan fingerprint density at radius 1 is 1.24 bits per heavy atom. The van der Waals surface area contributed by atoms with Gasteiger partial charge in [0.25, 0.3) is 0 Å². The lowest BCUT2D eigenvalue weighted by molar-refractivity contribution is 0.0695. The van der Waals surface area contributed by atoms with Crippen LogP contribution < -0.4 is 0 Å². The van der Waals surface area contributed by atoms with Gasteiger partial charge in [-0.3, -0.25) is 4.90 Å². The van der Waals surface area contributed by atoms with Crippen molar-refractivity contribution in [2.45, 2.75) is 32.4 Å². The first-order valence-corrected chi connectivity index (χ1v) is 7.70. The molecule has 21 heavy (non-hydrogen) atoms. The van der Waals surface area contributed by atoms with Crippen molar-refractivity contribution in [2.75, 3.05) is 13.1 Å². The molecule has 0 bridgehead atoms. The van der Waals surface area contributed by atoms with Crippen molar-refractivity contribution in [3.05, 3.63) is 48.5 Å². The highest BCUT2D eigenvalue weighted by Crippen LogP contribution is 2.22. The molecule has 2 aromatic rings. The molecule has 1 aliphatic rings. The van der Waals surface area contributed by atoms with E-state index < -0.39 is 0 Å². The van der Waals surface area contributed by atoms with Gasteiger partial charge in [-0.05, 0) is 56.5 Å². The molecule has 4 heteroatoms. The Morgan fingerprint density at radius 3 is 2.52 bits per heavy atom. The van der Waals surface area contributed by atoms with Crippen LogP contribution in [0, 0.1) is 5.92 Å². The molecule has 1 aromatic heterocycles. The maximum absolute atomic E-state index is 9.65. The first-order chi connectivity index (χ1) is 10.2. The Balaban J connectivity index is 1.57. The molecule has 1 aliphatic heterocycles. The van der Waals surface area contributed by atoms with E-state index in [4.69, 9.17) is 0 Å². The standard InChI is InChI=1S/C17H23N3O/c1-14(21)16-6-9-19(10-7-16)12-15-2-4-17(5-3-15)20-11-8-18-13-20/h2-5,8,11,13-14,16,21H,6-7,9-10,12H2,1H3. The summed E-state index contributed by atoms with van der Waals surface area (Å²) in [5.74, 6) is 0.477. The molecule has 1 fully saturated rings. The fraction of sp³-hybridized carbons (Fsp3) is 0.471. The molecule has 0 saturated carbocycles. The number of rotatable bonds is 4. The Bertz CT molecular complexity index is 540. The van der Waals surface area contributed by atoms with Crippen molar-refractivity contribution in [2.24, 2.45) is 5.92 Å². The zero-order valence-electron chi connectivity index (χ0n) is 12.5. The highest BCUT2D eigenvalue weighted by atomic mass is 16.3. The van der Waals surface area contributed by atoms with Crippen molar-refractivity contribution in [1.29, 1.82) is 0 Å². The van der Waals surface area contributed by atoms with E-state index in [2.05, 4.69) is 34.1 Å². The summed E-state index contributed by atoms with van der Waals surface area (Å²) in [6.07, 6.45) is 7.60. The fourth-order valence-corrected chi connectivity index (χ4v) is 3.04. The minimum atomic E-state index is -0.165. The number of hydrogen-bond acceptors (Lipinski definition) is 3. The molecule has 3 rings (SSSR count). The van der Waals surface area contributed by atoms with E-state index in [-0.39, 0.29) is 6.10 Å². The first-order valence-electron chi connectivity index (χ1n) is 7.70. The normalized spacial score (nSPS) is 18.8. The molecular formula is C17H23N3O. The predicted molar refractivity (Wildman–Crippen MR) is 83.2 cm³/mol. The van der Waals surface area contributed by atoms with E-state index in [1.165, 1.54) is 5.56 Å². The van der Waals surface area contributed by atoms with Crippen LogP contribution in [-0.2, 0) is 6.54 Å². The quantitative estimate of drug-likeness (QED) is 0.938. The van der Waals surface area contributed by atoms with Crippen molar-refractivity contribution in [1.82, 2.24) is 14.5 Å². The van der Waals surface area contributed by atoms with Gasteiger partial charge in [-0.2, -0.15) is 0 Å². The van der Waals surface area contributed by atoms with Crippen molar-refractivity contribution in [3.63, 3.8) is 0 Å². The number of aliphatic hydroxyl groups excluding tert-OH is 1. The summed E-state index contributed by atoms with van der Waals surface area (Å²) < 4.78 is 2.01. The van der Waals surface area contributed by atoms with Crippen LogP contribution in [0.25, 0.3) is 5.69 Å². The second kappa shape index (κ2) is 6.41. The first kappa shape index (κ1) is 14.3. The number of imidazole rings is 1. The molecule has 112 valence electrons. The highest BCUT2D eigenvalue weighted by molar-refractivity contribution is 5.34. The third-order valence-corrected chi connectivity index (χ3v) is 4.46. The van der Waals surface area contributed by atoms with Gasteiger partial charge in [0.05, 0.1) is 12.4 Å². The summed E-state index contributed by atoms with van der Waals surface area (Å²) in [5.41, 5.74) is 2.48. The zero-order valence-corrected chi connectivity index (χ0v) is 12.5. The molecule has 1 N–H and O–H groups in total. The number of likely N-dealkylation sites (tertiary alicyclic amines) is 1. The molecule has 0 radical (unpaired) electrons. The van der Waals surface area contributed by atoms with Crippen LogP contribution in [0.15, 0.2) is 43.0 Å². The Kier molecular flexibility index (Phi) is 4.36. The second-order valence-electron chi connectivity index (χ2n) is 5.99. The average Bonchev–Trinajstić information content (AvgIpc) is 3.03.